The number of nitrogens with one attached hydrogen (secondary N) is 1. The maximum atomic E-state index is 14.4. The number of hydrogen-bond donors (Lipinski definition) is 1. The highest BCUT2D eigenvalue weighted by atomic mass is 32.2. The van der Waals surface area contributed by atoms with Crippen molar-refractivity contribution in [2.75, 3.05) is 17.4 Å². The van der Waals surface area contributed by atoms with E-state index in [9.17, 15) is 22.0 Å². The lowest BCUT2D eigenvalue weighted by atomic mass is 10.0. The van der Waals surface area contributed by atoms with E-state index in [0.29, 0.717) is 24.3 Å². The molecule has 3 aromatic rings. The number of carbonyl (C=O) groups is 1. The van der Waals surface area contributed by atoms with Crippen LogP contribution in [-0.4, -0.2) is 33.5 Å². The summed E-state index contributed by atoms with van der Waals surface area (Å²) in [6, 6.07) is 14.3. The summed E-state index contributed by atoms with van der Waals surface area (Å²) < 4.78 is 62.8. The minimum Gasteiger partial charge on any atom is -0.486 e. The molecule has 0 bridgehead atoms. The van der Waals surface area contributed by atoms with Gasteiger partial charge in [-0.1, -0.05) is 18.2 Å². The lowest BCUT2D eigenvalue weighted by Gasteiger charge is -2.36. The SMILES string of the molecule is CC(=O)NCC[C@H]1CN(S(=O)(=O)c2cccc(C)c2)c2cc(-c3cc(F)ccc3F)ccc2O1. The number of fused-ring (bicyclic) bond motifs is 1. The van der Waals surface area contributed by atoms with Gasteiger partial charge in [0.1, 0.15) is 23.5 Å². The molecule has 1 N–H and O–H groups in total. The zero-order valence-electron chi connectivity index (χ0n) is 18.7. The Labute approximate surface area is 197 Å². The molecule has 9 heteroatoms. The van der Waals surface area contributed by atoms with E-state index < -0.39 is 27.8 Å². The Morgan fingerprint density at radius 2 is 1.91 bits per heavy atom. The molecular weight excluding hydrogens is 462 g/mol. The fourth-order valence-electron chi connectivity index (χ4n) is 3.89. The molecule has 0 spiro atoms. The van der Waals surface area contributed by atoms with E-state index in [2.05, 4.69) is 5.32 Å². The van der Waals surface area contributed by atoms with Gasteiger partial charge in [-0.2, -0.15) is 0 Å². The Hall–Kier alpha value is -3.46. The van der Waals surface area contributed by atoms with Crippen LogP contribution < -0.4 is 14.4 Å². The smallest absolute Gasteiger partial charge is 0.264 e. The molecule has 0 saturated carbocycles. The number of carbonyl (C=O) groups excluding carboxylic acids is 1. The van der Waals surface area contributed by atoms with E-state index in [1.165, 1.54) is 23.4 Å². The minimum absolute atomic E-state index is 0.00204. The molecule has 0 aliphatic carbocycles. The standard InChI is InChI=1S/C25H24F2N2O4S/c1-16-4-3-5-21(12-16)34(31,32)29-15-20(10-11-28-17(2)30)33-25-9-6-18(13-24(25)29)22-14-19(26)7-8-23(22)27/h3-9,12-14,20H,10-11,15H2,1-2H3,(H,28,30)/t20-/m0/s1. The second-order valence-electron chi connectivity index (χ2n) is 8.17. The Morgan fingerprint density at radius 1 is 1.12 bits per heavy atom. The summed E-state index contributed by atoms with van der Waals surface area (Å²) in [5, 5.41) is 2.69. The van der Waals surface area contributed by atoms with Crippen LogP contribution in [0.15, 0.2) is 65.6 Å². The highest BCUT2D eigenvalue weighted by molar-refractivity contribution is 7.92. The van der Waals surface area contributed by atoms with Crippen LogP contribution >= 0.6 is 0 Å². The Kier molecular flexibility index (Phi) is 6.56. The van der Waals surface area contributed by atoms with Crippen LogP contribution in [0.4, 0.5) is 14.5 Å². The fourth-order valence-corrected chi connectivity index (χ4v) is 5.49. The van der Waals surface area contributed by atoms with Crippen molar-refractivity contribution >= 4 is 21.6 Å². The zero-order chi connectivity index (χ0) is 24.5. The number of aryl methyl sites for hydroxylation is 1. The van der Waals surface area contributed by atoms with Gasteiger partial charge in [-0.3, -0.25) is 9.10 Å². The lowest BCUT2D eigenvalue weighted by molar-refractivity contribution is -0.119. The Balaban J connectivity index is 1.78. The summed E-state index contributed by atoms with van der Waals surface area (Å²) >= 11 is 0. The van der Waals surface area contributed by atoms with E-state index in [-0.39, 0.29) is 28.6 Å². The van der Waals surface area contributed by atoms with Crippen molar-refractivity contribution in [2.45, 2.75) is 31.3 Å². The third kappa shape index (κ3) is 4.89. The first-order valence-corrected chi connectivity index (χ1v) is 12.2. The van der Waals surface area contributed by atoms with Crippen molar-refractivity contribution in [1.29, 1.82) is 0 Å². The number of halogens is 2. The van der Waals surface area contributed by atoms with Gasteiger partial charge in [-0.25, -0.2) is 17.2 Å². The van der Waals surface area contributed by atoms with Crippen LogP contribution in [0.25, 0.3) is 11.1 Å². The maximum Gasteiger partial charge on any atom is 0.264 e. The van der Waals surface area contributed by atoms with Crippen LogP contribution in [0.2, 0.25) is 0 Å². The van der Waals surface area contributed by atoms with E-state index in [4.69, 9.17) is 4.74 Å². The quantitative estimate of drug-likeness (QED) is 0.560. The van der Waals surface area contributed by atoms with Crippen molar-refractivity contribution in [1.82, 2.24) is 5.32 Å². The van der Waals surface area contributed by atoms with Crippen molar-refractivity contribution in [3.63, 3.8) is 0 Å². The topological polar surface area (TPSA) is 75.7 Å². The highest BCUT2D eigenvalue weighted by Crippen LogP contribution is 2.41. The van der Waals surface area contributed by atoms with Crippen molar-refractivity contribution in [2.24, 2.45) is 0 Å². The Morgan fingerprint density at radius 3 is 2.65 bits per heavy atom. The van der Waals surface area contributed by atoms with Crippen molar-refractivity contribution in [3.8, 4) is 16.9 Å². The normalized spacial score (nSPS) is 15.4. The molecule has 1 heterocycles. The van der Waals surface area contributed by atoms with E-state index >= 15 is 0 Å². The molecule has 0 unspecified atom stereocenters. The molecule has 0 fully saturated rings. The zero-order valence-corrected chi connectivity index (χ0v) is 19.5. The minimum atomic E-state index is -3.99. The van der Waals surface area contributed by atoms with Crippen LogP contribution in [0.5, 0.6) is 5.75 Å². The number of benzene rings is 3. The average molecular weight is 487 g/mol. The summed E-state index contributed by atoms with van der Waals surface area (Å²) in [6.45, 7) is 3.52. The molecule has 0 saturated heterocycles. The fraction of sp³-hybridized carbons (Fsp3) is 0.240. The largest absolute Gasteiger partial charge is 0.486 e. The van der Waals surface area contributed by atoms with Gasteiger partial charge in [0.15, 0.2) is 0 Å². The molecule has 1 aliphatic rings. The number of rotatable bonds is 6. The van der Waals surface area contributed by atoms with Crippen molar-refractivity contribution in [3.05, 3.63) is 77.9 Å². The van der Waals surface area contributed by atoms with E-state index in [1.54, 1.807) is 37.3 Å². The second-order valence-corrected chi connectivity index (χ2v) is 10.0. The van der Waals surface area contributed by atoms with Gasteiger partial charge in [-0.05, 0) is 60.5 Å². The van der Waals surface area contributed by atoms with Gasteiger partial charge in [0, 0.05) is 25.5 Å². The third-order valence-electron chi connectivity index (χ3n) is 5.55. The predicted molar refractivity (Wildman–Crippen MR) is 125 cm³/mol. The first-order chi connectivity index (χ1) is 16.1. The average Bonchev–Trinajstić information content (AvgIpc) is 2.79. The summed E-state index contributed by atoms with van der Waals surface area (Å²) in [7, 11) is -3.99. The third-order valence-corrected chi connectivity index (χ3v) is 7.32. The molecule has 34 heavy (non-hydrogen) atoms. The molecule has 6 nitrogen and oxygen atoms in total. The summed E-state index contributed by atoms with van der Waals surface area (Å²) in [4.78, 5) is 11.3. The van der Waals surface area contributed by atoms with E-state index in [1.807, 2.05) is 0 Å². The molecule has 1 atom stereocenters. The van der Waals surface area contributed by atoms with E-state index in [0.717, 1.165) is 23.8 Å². The van der Waals surface area contributed by atoms with Crippen LogP contribution in [0.1, 0.15) is 18.9 Å². The molecule has 1 amide bonds. The first-order valence-electron chi connectivity index (χ1n) is 10.7. The molecule has 0 aromatic heterocycles. The number of hydrogen-bond acceptors (Lipinski definition) is 4. The first kappa shape index (κ1) is 23.7. The van der Waals surface area contributed by atoms with Crippen LogP contribution in [-0.2, 0) is 14.8 Å². The number of ether oxygens (including phenoxy) is 1. The van der Waals surface area contributed by atoms with Crippen molar-refractivity contribution < 1.29 is 26.7 Å². The number of anilines is 1. The van der Waals surface area contributed by atoms with Gasteiger partial charge >= 0.3 is 0 Å². The molecule has 178 valence electrons. The molecular formula is C25H24F2N2O4S. The van der Waals surface area contributed by atoms with Gasteiger partial charge < -0.3 is 10.1 Å². The number of amides is 1. The van der Waals surface area contributed by atoms with Gasteiger partial charge in [0.05, 0.1) is 17.1 Å². The Bertz CT molecular complexity index is 1340. The summed E-state index contributed by atoms with van der Waals surface area (Å²) in [5.74, 6) is -1.12. The summed E-state index contributed by atoms with van der Waals surface area (Å²) in [5.41, 5.74) is 1.36. The van der Waals surface area contributed by atoms with Gasteiger partial charge in [0.2, 0.25) is 5.91 Å². The predicted octanol–water partition coefficient (Wildman–Crippen LogP) is 4.42. The highest BCUT2D eigenvalue weighted by Gasteiger charge is 2.35. The second kappa shape index (κ2) is 9.42. The van der Waals surface area contributed by atoms with Crippen LogP contribution in [0.3, 0.4) is 0 Å². The molecule has 3 aromatic carbocycles. The lowest BCUT2D eigenvalue weighted by Crippen LogP contribution is -2.44. The molecule has 0 radical (unpaired) electrons. The van der Waals surface area contributed by atoms with Gasteiger partial charge in [-0.15, -0.1) is 0 Å². The summed E-state index contributed by atoms with van der Waals surface area (Å²) in [6.07, 6.45) is -0.130. The van der Waals surface area contributed by atoms with Gasteiger partial charge in [0.25, 0.3) is 10.0 Å². The molecule has 1 aliphatic heterocycles. The monoisotopic (exact) mass is 486 g/mol. The molecule has 4 rings (SSSR count). The van der Waals surface area contributed by atoms with Crippen LogP contribution in [0, 0.1) is 18.6 Å². The number of nitrogens with zero attached hydrogens (tertiary/aromatic N) is 1. The number of sulfonamides is 1. The maximum absolute atomic E-state index is 14.4.